The number of imide groups is 1. The number of piperidine rings is 1. The average molecular weight is 458 g/mol. The van der Waals surface area contributed by atoms with E-state index in [1.807, 2.05) is 0 Å². The van der Waals surface area contributed by atoms with Crippen LogP contribution >= 0.6 is 0 Å². The Balaban J connectivity index is 1.85. The minimum Gasteiger partial charge on any atom is -0.493 e. The van der Waals surface area contributed by atoms with Crippen LogP contribution in [0.4, 0.5) is 14.5 Å². The van der Waals surface area contributed by atoms with Crippen molar-refractivity contribution in [3.05, 3.63) is 59.3 Å². The molecule has 0 radical (unpaired) electrons. The van der Waals surface area contributed by atoms with Gasteiger partial charge in [0.25, 0.3) is 11.8 Å². The molecule has 7 nitrogen and oxygen atoms in total. The predicted octanol–water partition coefficient (Wildman–Crippen LogP) is 2.97. The number of hydrogen-bond donors (Lipinski definition) is 1. The number of methoxy groups -OCH3 is 2. The fourth-order valence-corrected chi connectivity index (χ4v) is 4.34. The second-order valence-electron chi connectivity index (χ2n) is 7.97. The summed E-state index contributed by atoms with van der Waals surface area (Å²) in [6, 6.07) is 7.76. The fourth-order valence-electron chi connectivity index (χ4n) is 4.34. The minimum atomic E-state index is -1.16. The van der Waals surface area contributed by atoms with Crippen LogP contribution in [0.3, 0.4) is 0 Å². The van der Waals surface area contributed by atoms with Crippen molar-refractivity contribution in [1.29, 1.82) is 0 Å². The zero-order valence-corrected chi connectivity index (χ0v) is 18.3. The molecule has 4 rings (SSSR count). The third-order valence-corrected chi connectivity index (χ3v) is 5.99. The molecule has 0 saturated carbocycles. The second-order valence-corrected chi connectivity index (χ2v) is 7.97. The van der Waals surface area contributed by atoms with Crippen molar-refractivity contribution in [2.75, 3.05) is 38.8 Å². The average Bonchev–Trinajstić information content (AvgIpc) is 3.10. The van der Waals surface area contributed by atoms with E-state index in [1.165, 1.54) is 20.3 Å². The van der Waals surface area contributed by atoms with Gasteiger partial charge >= 0.3 is 0 Å². The minimum absolute atomic E-state index is 0.0372. The Morgan fingerprint density at radius 2 is 1.76 bits per heavy atom. The lowest BCUT2D eigenvalue weighted by molar-refractivity contribution is -0.120. The lowest BCUT2D eigenvalue weighted by Gasteiger charge is -2.34. The number of aliphatic hydroxyl groups excluding tert-OH is 1. The van der Waals surface area contributed by atoms with Crippen LogP contribution in [0.2, 0.25) is 0 Å². The molecule has 2 aromatic carbocycles. The van der Waals surface area contributed by atoms with Crippen molar-refractivity contribution < 1.29 is 33.0 Å². The molecule has 2 heterocycles. The molecule has 1 fully saturated rings. The molecule has 0 bridgehead atoms. The van der Waals surface area contributed by atoms with Crippen molar-refractivity contribution in [3.8, 4) is 11.5 Å². The van der Waals surface area contributed by atoms with Crippen LogP contribution in [0, 0.1) is 17.6 Å². The maximum Gasteiger partial charge on any atom is 0.282 e. The van der Waals surface area contributed by atoms with Crippen LogP contribution in [0.1, 0.15) is 18.4 Å². The van der Waals surface area contributed by atoms with Gasteiger partial charge in [-0.3, -0.25) is 9.59 Å². The highest BCUT2D eigenvalue weighted by atomic mass is 19.2. The molecule has 0 aliphatic carbocycles. The van der Waals surface area contributed by atoms with E-state index in [4.69, 9.17) is 9.47 Å². The third-order valence-electron chi connectivity index (χ3n) is 5.99. The number of aliphatic hydroxyl groups is 1. The van der Waals surface area contributed by atoms with E-state index in [0.717, 1.165) is 29.9 Å². The molecule has 1 N–H and O–H groups in total. The van der Waals surface area contributed by atoms with Gasteiger partial charge in [0.05, 0.1) is 25.5 Å². The number of rotatable bonds is 6. The van der Waals surface area contributed by atoms with Crippen molar-refractivity contribution >= 4 is 23.1 Å². The summed E-state index contributed by atoms with van der Waals surface area (Å²) in [5.74, 6) is -2.73. The summed E-state index contributed by atoms with van der Waals surface area (Å²) < 4.78 is 38.1. The molecular weight excluding hydrogens is 434 g/mol. The summed E-state index contributed by atoms with van der Waals surface area (Å²) in [6.07, 6.45) is 1.54. The van der Waals surface area contributed by atoms with Gasteiger partial charge in [0.1, 0.15) is 5.70 Å². The smallest absolute Gasteiger partial charge is 0.282 e. The molecule has 33 heavy (non-hydrogen) atoms. The van der Waals surface area contributed by atoms with Gasteiger partial charge in [-0.1, -0.05) is 6.07 Å². The number of ether oxygens (including phenoxy) is 2. The Kier molecular flexibility index (Phi) is 6.33. The third kappa shape index (κ3) is 4.04. The maximum absolute atomic E-state index is 13.9. The number of carbonyl (C=O) groups is 2. The van der Waals surface area contributed by atoms with E-state index >= 15 is 0 Å². The van der Waals surface area contributed by atoms with Crippen molar-refractivity contribution in [2.24, 2.45) is 5.92 Å². The molecule has 2 aliphatic heterocycles. The topological polar surface area (TPSA) is 79.3 Å². The van der Waals surface area contributed by atoms with Crippen LogP contribution in [-0.2, 0) is 9.59 Å². The molecule has 0 spiro atoms. The number of halogens is 2. The SMILES string of the molecule is COc1ccc(C2=C(N3CCCC(CO)C3)C(=O)N(c3ccc(F)c(F)c3)C2=O)cc1OC. The zero-order chi connectivity index (χ0) is 23.7. The summed E-state index contributed by atoms with van der Waals surface area (Å²) in [5, 5.41) is 9.65. The van der Waals surface area contributed by atoms with Gasteiger partial charge in [-0.05, 0) is 48.6 Å². The molecule has 1 unspecified atom stereocenters. The highest BCUT2D eigenvalue weighted by Crippen LogP contribution is 2.39. The molecule has 174 valence electrons. The van der Waals surface area contributed by atoms with Crippen molar-refractivity contribution in [1.82, 2.24) is 4.90 Å². The molecule has 2 amide bonds. The van der Waals surface area contributed by atoms with E-state index in [0.29, 0.717) is 30.2 Å². The van der Waals surface area contributed by atoms with Gasteiger partial charge in [0.15, 0.2) is 23.1 Å². The lowest BCUT2D eigenvalue weighted by atomic mass is 9.96. The Morgan fingerprint density at radius 3 is 2.42 bits per heavy atom. The Morgan fingerprint density at radius 1 is 1.00 bits per heavy atom. The Hall–Kier alpha value is -3.46. The number of nitrogens with zero attached hydrogens (tertiary/aromatic N) is 2. The summed E-state index contributed by atoms with van der Waals surface area (Å²) >= 11 is 0. The van der Waals surface area contributed by atoms with Crippen molar-refractivity contribution in [2.45, 2.75) is 12.8 Å². The summed E-state index contributed by atoms with van der Waals surface area (Å²) in [4.78, 5) is 29.7. The number of hydrogen-bond acceptors (Lipinski definition) is 6. The first-order valence-electron chi connectivity index (χ1n) is 10.6. The quantitative estimate of drug-likeness (QED) is 0.671. The standard InChI is InChI=1S/C24H24F2N2O5/c1-32-19-8-5-15(10-20(19)33-2)21-22(27-9-3-4-14(12-27)13-29)24(31)28(23(21)30)16-6-7-17(25)18(26)11-16/h5-8,10-11,14,29H,3-4,9,12-13H2,1-2H3. The lowest BCUT2D eigenvalue weighted by Crippen LogP contribution is -2.40. The van der Waals surface area contributed by atoms with Crippen LogP contribution in [0.15, 0.2) is 42.1 Å². The van der Waals surface area contributed by atoms with Crippen LogP contribution in [0.25, 0.3) is 5.57 Å². The van der Waals surface area contributed by atoms with E-state index in [2.05, 4.69) is 0 Å². The first kappa shape index (κ1) is 22.7. The summed E-state index contributed by atoms with van der Waals surface area (Å²) in [6.45, 7) is 0.880. The second kappa shape index (κ2) is 9.19. The number of anilines is 1. The van der Waals surface area contributed by atoms with E-state index in [9.17, 15) is 23.5 Å². The zero-order valence-electron chi connectivity index (χ0n) is 18.3. The number of carbonyl (C=O) groups excluding carboxylic acids is 2. The molecule has 0 aromatic heterocycles. The fraction of sp³-hybridized carbons (Fsp3) is 0.333. The molecule has 2 aromatic rings. The normalized spacial score (nSPS) is 18.9. The van der Waals surface area contributed by atoms with Crippen molar-refractivity contribution in [3.63, 3.8) is 0 Å². The van der Waals surface area contributed by atoms with Crippen LogP contribution < -0.4 is 14.4 Å². The number of likely N-dealkylation sites (tertiary alicyclic amines) is 1. The molecule has 1 saturated heterocycles. The first-order chi connectivity index (χ1) is 15.9. The summed E-state index contributed by atoms with van der Waals surface area (Å²) in [7, 11) is 2.95. The molecule has 9 heteroatoms. The highest BCUT2D eigenvalue weighted by molar-refractivity contribution is 6.45. The van der Waals surface area contributed by atoms with Gasteiger partial charge in [0, 0.05) is 25.8 Å². The monoisotopic (exact) mass is 458 g/mol. The van der Waals surface area contributed by atoms with Gasteiger partial charge < -0.3 is 19.5 Å². The Bertz CT molecular complexity index is 1130. The first-order valence-corrected chi connectivity index (χ1v) is 10.6. The number of amides is 2. The van der Waals surface area contributed by atoms with Crippen LogP contribution in [0.5, 0.6) is 11.5 Å². The van der Waals surface area contributed by atoms with Crippen LogP contribution in [-0.4, -0.2) is 55.7 Å². The maximum atomic E-state index is 13.9. The predicted molar refractivity (Wildman–Crippen MR) is 117 cm³/mol. The van der Waals surface area contributed by atoms with Gasteiger partial charge in [-0.15, -0.1) is 0 Å². The Labute approximate surface area is 189 Å². The molecule has 1 atom stereocenters. The van der Waals surface area contributed by atoms with Gasteiger partial charge in [-0.2, -0.15) is 0 Å². The van der Waals surface area contributed by atoms with Gasteiger partial charge in [0.2, 0.25) is 0 Å². The van der Waals surface area contributed by atoms with E-state index in [-0.39, 0.29) is 29.5 Å². The van der Waals surface area contributed by atoms with Gasteiger partial charge in [-0.25, -0.2) is 13.7 Å². The largest absolute Gasteiger partial charge is 0.493 e. The number of benzene rings is 2. The highest BCUT2D eigenvalue weighted by Gasteiger charge is 2.43. The summed E-state index contributed by atoms with van der Waals surface area (Å²) in [5.41, 5.74) is 0.657. The van der Waals surface area contributed by atoms with E-state index < -0.39 is 23.4 Å². The molecular formula is C24H24F2N2O5. The molecule has 2 aliphatic rings. The van der Waals surface area contributed by atoms with E-state index in [1.54, 1.807) is 23.1 Å².